The van der Waals surface area contributed by atoms with Gasteiger partial charge in [0.05, 0.1) is 5.56 Å². The molecule has 0 saturated heterocycles. The van der Waals surface area contributed by atoms with Gasteiger partial charge in [0.15, 0.2) is 0 Å². The predicted molar refractivity (Wildman–Crippen MR) is 84.6 cm³/mol. The summed E-state index contributed by atoms with van der Waals surface area (Å²) in [5.74, 6) is 0.0961. The minimum absolute atomic E-state index is 0.0997. The molecule has 3 rings (SSSR count). The Hall–Kier alpha value is -0.900. The van der Waals surface area contributed by atoms with E-state index in [0.717, 1.165) is 6.42 Å². The van der Waals surface area contributed by atoms with Crippen molar-refractivity contribution in [3.05, 3.63) is 34.1 Å². The van der Waals surface area contributed by atoms with Gasteiger partial charge < -0.3 is 5.32 Å². The molecule has 0 radical (unpaired) electrons. The van der Waals surface area contributed by atoms with Gasteiger partial charge in [0.25, 0.3) is 5.91 Å². The van der Waals surface area contributed by atoms with Gasteiger partial charge in [-0.2, -0.15) is 0 Å². The molecule has 2 bridgehead atoms. The van der Waals surface area contributed by atoms with E-state index in [1.54, 1.807) is 6.07 Å². The quantitative estimate of drug-likeness (QED) is 0.831. The third-order valence-electron chi connectivity index (χ3n) is 5.72. The van der Waals surface area contributed by atoms with E-state index in [2.05, 4.69) is 42.0 Å². The van der Waals surface area contributed by atoms with Crippen LogP contribution in [0.2, 0.25) is 0 Å². The molecule has 4 heteroatoms. The first-order valence-corrected chi connectivity index (χ1v) is 8.29. The minimum atomic E-state index is -0.387. The number of benzene rings is 1. The van der Waals surface area contributed by atoms with E-state index in [-0.39, 0.29) is 28.6 Å². The van der Waals surface area contributed by atoms with Gasteiger partial charge in [0.1, 0.15) is 5.82 Å². The molecule has 0 aliphatic heterocycles. The molecule has 2 fully saturated rings. The van der Waals surface area contributed by atoms with Crippen molar-refractivity contribution in [1.82, 2.24) is 5.32 Å². The van der Waals surface area contributed by atoms with Gasteiger partial charge in [0.2, 0.25) is 0 Å². The van der Waals surface area contributed by atoms with Crippen molar-refractivity contribution in [2.75, 3.05) is 0 Å². The maximum absolute atomic E-state index is 13.4. The molecule has 2 nitrogen and oxygen atoms in total. The van der Waals surface area contributed by atoms with E-state index in [9.17, 15) is 9.18 Å². The Labute approximate surface area is 133 Å². The monoisotopic (exact) mass is 353 g/mol. The SMILES string of the molecule is CC12CCC(C1)C(C)(C)C2NC(=O)c1cc(F)ccc1Br. The average Bonchev–Trinajstić information content (AvgIpc) is 2.88. The zero-order chi connectivity index (χ0) is 15.4. The number of carbonyl (C=O) groups excluding carboxylic acids is 1. The number of fused-ring (bicyclic) bond motifs is 2. The van der Waals surface area contributed by atoms with E-state index >= 15 is 0 Å². The summed E-state index contributed by atoms with van der Waals surface area (Å²) in [6.45, 7) is 6.76. The maximum atomic E-state index is 13.4. The van der Waals surface area contributed by atoms with Crippen molar-refractivity contribution in [3.63, 3.8) is 0 Å². The lowest BCUT2D eigenvalue weighted by Crippen LogP contribution is -2.52. The molecule has 1 amide bonds. The number of hydrogen-bond donors (Lipinski definition) is 1. The first-order valence-electron chi connectivity index (χ1n) is 7.50. The van der Waals surface area contributed by atoms with Crippen LogP contribution in [0.15, 0.2) is 22.7 Å². The summed E-state index contributed by atoms with van der Waals surface area (Å²) in [4.78, 5) is 12.6. The molecule has 1 aromatic rings. The summed E-state index contributed by atoms with van der Waals surface area (Å²) in [6.07, 6.45) is 3.59. The lowest BCUT2D eigenvalue weighted by atomic mass is 9.68. The molecule has 0 aromatic heterocycles. The second kappa shape index (κ2) is 4.80. The Morgan fingerprint density at radius 2 is 2.10 bits per heavy atom. The molecular weight excluding hydrogens is 333 g/mol. The fraction of sp³-hybridized carbons (Fsp3) is 0.588. The van der Waals surface area contributed by atoms with Crippen molar-refractivity contribution < 1.29 is 9.18 Å². The molecule has 0 heterocycles. The van der Waals surface area contributed by atoms with Crippen LogP contribution in [0.4, 0.5) is 4.39 Å². The standard InChI is InChI=1S/C17H21BrFNO/c1-16(2)10-6-7-17(3,9-10)15(16)20-14(21)12-8-11(19)4-5-13(12)18/h4-5,8,10,15H,6-7,9H2,1-3H3,(H,20,21). The molecule has 0 spiro atoms. The smallest absolute Gasteiger partial charge is 0.252 e. The molecule has 2 aliphatic rings. The number of hydrogen-bond acceptors (Lipinski definition) is 1. The van der Waals surface area contributed by atoms with E-state index in [0.29, 0.717) is 16.0 Å². The Morgan fingerprint density at radius 1 is 1.38 bits per heavy atom. The molecule has 2 saturated carbocycles. The second-order valence-electron chi connectivity index (χ2n) is 7.45. The summed E-state index contributed by atoms with van der Waals surface area (Å²) in [7, 11) is 0. The van der Waals surface area contributed by atoms with E-state index in [4.69, 9.17) is 0 Å². The Balaban J connectivity index is 1.86. The van der Waals surface area contributed by atoms with Crippen molar-refractivity contribution in [3.8, 4) is 0 Å². The number of rotatable bonds is 2. The van der Waals surface area contributed by atoms with E-state index in [1.807, 2.05) is 0 Å². The summed E-state index contributed by atoms with van der Waals surface area (Å²) < 4.78 is 14.0. The van der Waals surface area contributed by atoms with Gasteiger partial charge in [-0.25, -0.2) is 4.39 Å². The summed E-state index contributed by atoms with van der Waals surface area (Å²) in [5.41, 5.74) is 0.642. The van der Waals surface area contributed by atoms with Crippen LogP contribution in [0, 0.1) is 22.6 Å². The third-order valence-corrected chi connectivity index (χ3v) is 6.41. The number of amides is 1. The fourth-order valence-electron chi connectivity index (χ4n) is 4.54. The maximum Gasteiger partial charge on any atom is 0.252 e. The highest BCUT2D eigenvalue weighted by Crippen LogP contribution is 2.62. The topological polar surface area (TPSA) is 29.1 Å². The van der Waals surface area contributed by atoms with Crippen LogP contribution in [-0.2, 0) is 0 Å². The minimum Gasteiger partial charge on any atom is -0.348 e. The molecule has 3 unspecified atom stereocenters. The van der Waals surface area contributed by atoms with E-state index in [1.165, 1.54) is 25.0 Å². The highest BCUT2D eigenvalue weighted by Gasteiger charge is 2.59. The Morgan fingerprint density at radius 3 is 2.71 bits per heavy atom. The van der Waals surface area contributed by atoms with Crippen LogP contribution in [0.25, 0.3) is 0 Å². The summed E-state index contributed by atoms with van der Waals surface area (Å²) in [5, 5.41) is 3.19. The van der Waals surface area contributed by atoms with Gasteiger partial charge in [-0.15, -0.1) is 0 Å². The highest BCUT2D eigenvalue weighted by atomic mass is 79.9. The van der Waals surface area contributed by atoms with Crippen LogP contribution in [0.5, 0.6) is 0 Å². The predicted octanol–water partition coefficient (Wildman–Crippen LogP) is 4.53. The molecular formula is C17H21BrFNO. The largest absolute Gasteiger partial charge is 0.348 e. The average molecular weight is 354 g/mol. The van der Waals surface area contributed by atoms with Gasteiger partial charge in [0, 0.05) is 10.5 Å². The zero-order valence-electron chi connectivity index (χ0n) is 12.7. The molecule has 21 heavy (non-hydrogen) atoms. The highest BCUT2D eigenvalue weighted by molar-refractivity contribution is 9.10. The third kappa shape index (κ3) is 2.32. The zero-order valence-corrected chi connectivity index (χ0v) is 14.3. The van der Waals surface area contributed by atoms with Crippen LogP contribution >= 0.6 is 15.9 Å². The van der Waals surface area contributed by atoms with Crippen LogP contribution in [0.3, 0.4) is 0 Å². The lowest BCUT2D eigenvalue weighted by molar-refractivity contribution is 0.0736. The van der Waals surface area contributed by atoms with Crippen LogP contribution < -0.4 is 5.32 Å². The first-order chi connectivity index (χ1) is 9.74. The molecule has 1 aromatic carbocycles. The van der Waals surface area contributed by atoms with Crippen LogP contribution in [0.1, 0.15) is 50.4 Å². The summed E-state index contributed by atoms with van der Waals surface area (Å²) >= 11 is 3.34. The number of halogens is 2. The fourth-order valence-corrected chi connectivity index (χ4v) is 4.97. The first kappa shape index (κ1) is 15.0. The molecule has 1 N–H and O–H groups in total. The Kier molecular flexibility index (Phi) is 3.43. The van der Waals surface area contributed by atoms with E-state index < -0.39 is 0 Å². The van der Waals surface area contributed by atoms with Gasteiger partial charge in [-0.3, -0.25) is 4.79 Å². The Bertz CT molecular complexity index is 596. The van der Waals surface area contributed by atoms with Crippen molar-refractivity contribution in [2.24, 2.45) is 16.7 Å². The second-order valence-corrected chi connectivity index (χ2v) is 8.30. The summed E-state index contributed by atoms with van der Waals surface area (Å²) in [6, 6.07) is 4.37. The van der Waals surface area contributed by atoms with Crippen molar-refractivity contribution >= 4 is 21.8 Å². The van der Waals surface area contributed by atoms with Gasteiger partial charge in [-0.05, 0) is 70.1 Å². The lowest BCUT2D eigenvalue weighted by Gasteiger charge is -2.43. The van der Waals surface area contributed by atoms with Crippen molar-refractivity contribution in [1.29, 1.82) is 0 Å². The number of carbonyl (C=O) groups is 1. The molecule has 2 aliphatic carbocycles. The molecule has 3 atom stereocenters. The van der Waals surface area contributed by atoms with Gasteiger partial charge in [-0.1, -0.05) is 20.8 Å². The van der Waals surface area contributed by atoms with Crippen molar-refractivity contribution in [2.45, 2.75) is 46.1 Å². The normalized spacial score (nSPS) is 33.2. The van der Waals surface area contributed by atoms with Crippen LogP contribution in [-0.4, -0.2) is 11.9 Å². The van der Waals surface area contributed by atoms with Gasteiger partial charge >= 0.3 is 0 Å². The molecule has 114 valence electrons. The number of nitrogens with one attached hydrogen (secondary N) is 1.